The van der Waals surface area contributed by atoms with Gasteiger partial charge in [-0.1, -0.05) is 33.6 Å². The van der Waals surface area contributed by atoms with E-state index in [9.17, 15) is 4.79 Å². The third kappa shape index (κ3) is 5.28. The molecule has 2 rings (SSSR count). The minimum absolute atomic E-state index is 0.126. The monoisotopic (exact) mass is 427 g/mol. The Bertz CT molecular complexity index is 754. The second-order valence-electron chi connectivity index (χ2n) is 5.27. The molecule has 0 spiro atoms. The fourth-order valence-electron chi connectivity index (χ4n) is 2.22. The van der Waals surface area contributed by atoms with Crippen LogP contribution in [0.25, 0.3) is 0 Å². The smallest absolute Gasteiger partial charge is 0.258 e. The van der Waals surface area contributed by atoms with E-state index in [0.29, 0.717) is 22.3 Å². The first-order valence-corrected chi connectivity index (χ1v) is 8.70. The summed E-state index contributed by atoms with van der Waals surface area (Å²) in [4.78, 5) is 12.1. The van der Waals surface area contributed by atoms with Gasteiger partial charge in [0.05, 0.1) is 25.3 Å². The maximum Gasteiger partial charge on any atom is 0.258 e. The van der Waals surface area contributed by atoms with Gasteiger partial charge in [-0.2, -0.15) is 0 Å². The lowest BCUT2D eigenvalue weighted by Crippen LogP contribution is -2.31. The Kier molecular flexibility index (Phi) is 6.96. The van der Waals surface area contributed by atoms with Crippen LogP contribution in [0.5, 0.6) is 17.2 Å². The molecule has 1 amide bonds. The highest BCUT2D eigenvalue weighted by atomic mass is 79.9. The lowest BCUT2D eigenvalue weighted by atomic mass is 10.1. The molecule has 0 aliphatic carbocycles. The van der Waals surface area contributed by atoms with Crippen LogP contribution >= 0.6 is 27.5 Å². The van der Waals surface area contributed by atoms with E-state index in [1.54, 1.807) is 38.5 Å². The van der Waals surface area contributed by atoms with E-state index < -0.39 is 0 Å². The molecule has 1 N–H and O–H groups in total. The van der Waals surface area contributed by atoms with Gasteiger partial charge in [0, 0.05) is 4.47 Å². The number of hydrogen-bond acceptors (Lipinski definition) is 4. The second kappa shape index (κ2) is 8.97. The van der Waals surface area contributed by atoms with E-state index in [0.717, 1.165) is 10.0 Å². The molecule has 0 unspecified atom stereocenters. The Morgan fingerprint density at radius 2 is 1.80 bits per heavy atom. The normalized spacial score (nSPS) is 11.6. The molecule has 0 bridgehead atoms. The lowest BCUT2D eigenvalue weighted by Gasteiger charge is -2.17. The summed E-state index contributed by atoms with van der Waals surface area (Å²) in [6.45, 7) is 1.75. The molecular weight excluding hydrogens is 410 g/mol. The Hall–Kier alpha value is -1.92. The molecule has 0 aromatic heterocycles. The summed E-state index contributed by atoms with van der Waals surface area (Å²) in [5.74, 6) is 1.46. The van der Waals surface area contributed by atoms with Crippen LogP contribution in [0.4, 0.5) is 0 Å². The third-order valence-corrected chi connectivity index (χ3v) is 4.33. The van der Waals surface area contributed by atoms with E-state index in [2.05, 4.69) is 21.2 Å². The van der Waals surface area contributed by atoms with Crippen LogP contribution in [-0.2, 0) is 4.79 Å². The number of methoxy groups -OCH3 is 2. The lowest BCUT2D eigenvalue weighted by molar-refractivity contribution is -0.123. The highest BCUT2D eigenvalue weighted by molar-refractivity contribution is 9.10. The first-order chi connectivity index (χ1) is 11.9. The summed E-state index contributed by atoms with van der Waals surface area (Å²) >= 11 is 9.38. The van der Waals surface area contributed by atoms with Crippen molar-refractivity contribution >= 4 is 33.4 Å². The molecule has 7 heteroatoms. The van der Waals surface area contributed by atoms with Crippen molar-refractivity contribution in [2.24, 2.45) is 0 Å². The van der Waals surface area contributed by atoms with Crippen LogP contribution in [0.3, 0.4) is 0 Å². The van der Waals surface area contributed by atoms with Crippen molar-refractivity contribution in [2.75, 3.05) is 20.8 Å². The number of carbonyl (C=O) groups excluding carboxylic acids is 1. The number of nitrogens with one attached hydrogen (secondary N) is 1. The van der Waals surface area contributed by atoms with Crippen molar-refractivity contribution in [1.29, 1.82) is 0 Å². The molecule has 134 valence electrons. The van der Waals surface area contributed by atoms with Crippen molar-refractivity contribution in [3.05, 3.63) is 51.5 Å². The maximum absolute atomic E-state index is 12.1. The molecule has 2 aromatic rings. The summed E-state index contributed by atoms with van der Waals surface area (Å²) in [6, 6.07) is 10.5. The summed E-state index contributed by atoms with van der Waals surface area (Å²) in [5.41, 5.74) is 0.896. The molecule has 0 aliphatic heterocycles. The zero-order chi connectivity index (χ0) is 18.4. The van der Waals surface area contributed by atoms with E-state index in [1.165, 1.54) is 0 Å². The molecule has 1 atom stereocenters. The number of ether oxygens (including phenoxy) is 3. The molecular formula is C18H19BrClNO4. The fraction of sp³-hybridized carbons (Fsp3) is 0.278. The van der Waals surface area contributed by atoms with Gasteiger partial charge in [-0.05, 0) is 42.8 Å². The molecule has 0 saturated heterocycles. The van der Waals surface area contributed by atoms with Crippen LogP contribution in [0.1, 0.15) is 18.5 Å². The average molecular weight is 429 g/mol. The average Bonchev–Trinajstić information content (AvgIpc) is 2.60. The van der Waals surface area contributed by atoms with E-state index in [1.807, 2.05) is 19.1 Å². The minimum atomic E-state index is -0.249. The Morgan fingerprint density at radius 1 is 1.12 bits per heavy atom. The molecule has 25 heavy (non-hydrogen) atoms. The molecule has 0 radical (unpaired) electrons. The summed E-state index contributed by atoms with van der Waals surface area (Å²) in [5, 5.41) is 3.31. The van der Waals surface area contributed by atoms with Gasteiger partial charge >= 0.3 is 0 Å². The van der Waals surface area contributed by atoms with Gasteiger partial charge in [0.15, 0.2) is 18.1 Å². The van der Waals surface area contributed by atoms with Crippen LogP contribution in [0, 0.1) is 0 Å². The van der Waals surface area contributed by atoms with E-state index in [4.69, 9.17) is 25.8 Å². The van der Waals surface area contributed by atoms with Gasteiger partial charge in [-0.15, -0.1) is 0 Å². The predicted molar refractivity (Wildman–Crippen MR) is 101 cm³/mol. The Morgan fingerprint density at radius 3 is 2.44 bits per heavy atom. The number of rotatable bonds is 7. The zero-order valence-electron chi connectivity index (χ0n) is 14.1. The van der Waals surface area contributed by atoms with Crippen LogP contribution in [0.2, 0.25) is 5.02 Å². The molecule has 0 fully saturated rings. The first kappa shape index (κ1) is 19.4. The van der Waals surface area contributed by atoms with Gasteiger partial charge in [-0.25, -0.2) is 0 Å². The van der Waals surface area contributed by atoms with Gasteiger partial charge in [0.2, 0.25) is 0 Å². The van der Waals surface area contributed by atoms with Crippen molar-refractivity contribution in [3.8, 4) is 17.2 Å². The molecule has 2 aromatic carbocycles. The van der Waals surface area contributed by atoms with Crippen molar-refractivity contribution in [2.45, 2.75) is 13.0 Å². The second-order valence-corrected chi connectivity index (χ2v) is 6.59. The summed E-state index contributed by atoms with van der Waals surface area (Å²) < 4.78 is 16.8. The Labute approximate surface area is 160 Å². The number of hydrogen-bond donors (Lipinski definition) is 1. The first-order valence-electron chi connectivity index (χ1n) is 7.53. The number of benzene rings is 2. The fourth-order valence-corrected chi connectivity index (χ4v) is 2.95. The molecule has 5 nitrogen and oxygen atoms in total. The standard InChI is InChI=1S/C18H19BrClNO4/c1-11(12-4-6-16(23-2)17(8-12)24-3)21-18(22)10-25-15-7-5-13(19)9-14(15)20/h4-9,11H,10H2,1-3H3,(H,21,22)/t11-/m0/s1. The van der Waals surface area contributed by atoms with Gasteiger partial charge in [0.1, 0.15) is 5.75 Å². The molecule has 0 saturated carbocycles. The SMILES string of the molecule is COc1ccc([C@H](C)NC(=O)COc2ccc(Br)cc2Cl)cc1OC. The number of amides is 1. The zero-order valence-corrected chi connectivity index (χ0v) is 16.5. The van der Waals surface area contributed by atoms with Crippen molar-refractivity contribution < 1.29 is 19.0 Å². The van der Waals surface area contributed by atoms with Crippen LogP contribution in [-0.4, -0.2) is 26.7 Å². The number of carbonyl (C=O) groups is 1. The number of halogens is 2. The molecule has 0 heterocycles. The predicted octanol–water partition coefficient (Wildman–Crippen LogP) is 4.38. The van der Waals surface area contributed by atoms with Gasteiger partial charge < -0.3 is 19.5 Å². The molecule has 0 aliphatic rings. The van der Waals surface area contributed by atoms with Crippen LogP contribution < -0.4 is 19.5 Å². The quantitative estimate of drug-likeness (QED) is 0.711. The largest absolute Gasteiger partial charge is 0.493 e. The maximum atomic E-state index is 12.1. The van der Waals surface area contributed by atoms with Crippen molar-refractivity contribution in [3.63, 3.8) is 0 Å². The van der Waals surface area contributed by atoms with E-state index in [-0.39, 0.29) is 18.6 Å². The van der Waals surface area contributed by atoms with Gasteiger partial charge in [0.25, 0.3) is 5.91 Å². The van der Waals surface area contributed by atoms with E-state index >= 15 is 0 Å². The topological polar surface area (TPSA) is 56.8 Å². The highest BCUT2D eigenvalue weighted by Gasteiger charge is 2.13. The van der Waals surface area contributed by atoms with Crippen molar-refractivity contribution in [1.82, 2.24) is 5.32 Å². The third-order valence-electron chi connectivity index (χ3n) is 3.54. The summed E-state index contributed by atoms with van der Waals surface area (Å²) in [6.07, 6.45) is 0. The Balaban J connectivity index is 1.95. The van der Waals surface area contributed by atoms with Gasteiger partial charge in [-0.3, -0.25) is 4.79 Å². The minimum Gasteiger partial charge on any atom is -0.493 e. The van der Waals surface area contributed by atoms with Crippen LogP contribution in [0.15, 0.2) is 40.9 Å². The highest BCUT2D eigenvalue weighted by Crippen LogP contribution is 2.30. The summed E-state index contributed by atoms with van der Waals surface area (Å²) in [7, 11) is 3.15.